The van der Waals surface area contributed by atoms with Crippen LogP contribution < -0.4 is 4.74 Å². The van der Waals surface area contributed by atoms with Gasteiger partial charge in [-0.25, -0.2) is 0 Å². The summed E-state index contributed by atoms with van der Waals surface area (Å²) in [5.74, 6) is 0.609. The summed E-state index contributed by atoms with van der Waals surface area (Å²) in [5.41, 5.74) is 1.53. The molecular weight excluding hydrogens is 240 g/mol. The molecule has 1 saturated carbocycles. The zero-order valence-corrected chi connectivity index (χ0v) is 12.4. The Morgan fingerprint density at radius 2 is 1.95 bits per heavy atom. The second-order valence-corrected chi connectivity index (χ2v) is 5.85. The van der Waals surface area contributed by atoms with Crippen LogP contribution in [-0.4, -0.2) is 20.2 Å². The van der Waals surface area contributed by atoms with Crippen molar-refractivity contribution in [2.24, 2.45) is 5.41 Å². The Morgan fingerprint density at radius 1 is 1.32 bits per heavy atom. The van der Waals surface area contributed by atoms with Crippen molar-refractivity contribution < 1.29 is 14.3 Å². The number of aryl methyl sites for hydroxylation is 1. The second kappa shape index (κ2) is 4.55. The van der Waals surface area contributed by atoms with Gasteiger partial charge in [-0.05, 0) is 29.9 Å². The average Bonchev–Trinajstić information content (AvgIpc) is 3.01. The summed E-state index contributed by atoms with van der Waals surface area (Å²) in [6.45, 7) is 6.30. The summed E-state index contributed by atoms with van der Waals surface area (Å²) in [6, 6.07) is 6.08. The smallest absolute Gasteiger partial charge is 0.316 e. The van der Waals surface area contributed by atoms with Gasteiger partial charge in [-0.3, -0.25) is 4.79 Å². The Kier molecular flexibility index (Phi) is 3.33. The molecule has 0 amide bonds. The Bertz CT molecular complexity index is 505. The minimum Gasteiger partial charge on any atom is -0.496 e. The van der Waals surface area contributed by atoms with Crippen LogP contribution in [0.3, 0.4) is 0 Å². The van der Waals surface area contributed by atoms with Crippen molar-refractivity contribution in [1.29, 1.82) is 0 Å². The fraction of sp³-hybridized carbons (Fsp3) is 0.562. The van der Waals surface area contributed by atoms with Gasteiger partial charge in [-0.1, -0.05) is 32.9 Å². The Labute approximate surface area is 114 Å². The summed E-state index contributed by atoms with van der Waals surface area (Å²) in [6.07, 6.45) is 1.74. The van der Waals surface area contributed by atoms with Gasteiger partial charge in [0, 0.05) is 5.56 Å². The number of hydrogen-bond donors (Lipinski definition) is 0. The summed E-state index contributed by atoms with van der Waals surface area (Å²) < 4.78 is 10.5. The van der Waals surface area contributed by atoms with Gasteiger partial charge in [0.1, 0.15) is 11.2 Å². The van der Waals surface area contributed by atoms with Crippen LogP contribution in [-0.2, 0) is 21.4 Å². The Hall–Kier alpha value is -1.51. The zero-order valence-electron chi connectivity index (χ0n) is 12.4. The molecule has 19 heavy (non-hydrogen) atoms. The maximum atomic E-state index is 12.3. The van der Waals surface area contributed by atoms with Gasteiger partial charge >= 0.3 is 5.97 Å². The second-order valence-electron chi connectivity index (χ2n) is 5.85. The molecule has 0 aromatic heterocycles. The van der Waals surface area contributed by atoms with Crippen molar-refractivity contribution >= 4 is 5.97 Å². The molecule has 1 atom stereocenters. The predicted octanol–water partition coefficient (Wildman–Crippen LogP) is 3.10. The number of rotatable bonds is 4. The van der Waals surface area contributed by atoms with Gasteiger partial charge in [0.15, 0.2) is 0 Å². The lowest BCUT2D eigenvalue weighted by molar-refractivity contribution is -0.144. The van der Waals surface area contributed by atoms with Crippen LogP contribution in [0.2, 0.25) is 0 Å². The van der Waals surface area contributed by atoms with Gasteiger partial charge in [0.05, 0.1) is 14.2 Å². The minimum atomic E-state index is -0.557. The quantitative estimate of drug-likeness (QED) is 0.782. The summed E-state index contributed by atoms with van der Waals surface area (Å²) >= 11 is 0. The highest BCUT2D eigenvalue weighted by Gasteiger charge is 2.69. The first-order valence-corrected chi connectivity index (χ1v) is 6.68. The third-order valence-electron chi connectivity index (χ3n) is 4.40. The maximum absolute atomic E-state index is 12.3. The first-order chi connectivity index (χ1) is 8.92. The molecule has 0 saturated heterocycles. The molecule has 0 aliphatic heterocycles. The van der Waals surface area contributed by atoms with E-state index in [9.17, 15) is 4.79 Å². The predicted molar refractivity (Wildman–Crippen MR) is 74.5 cm³/mol. The van der Waals surface area contributed by atoms with Crippen molar-refractivity contribution in [3.63, 3.8) is 0 Å². The van der Waals surface area contributed by atoms with Crippen LogP contribution in [0.1, 0.15) is 38.3 Å². The number of hydrogen-bond acceptors (Lipinski definition) is 3. The highest BCUT2D eigenvalue weighted by molar-refractivity contribution is 5.89. The lowest BCUT2D eigenvalue weighted by Gasteiger charge is -2.21. The van der Waals surface area contributed by atoms with Gasteiger partial charge < -0.3 is 9.47 Å². The largest absolute Gasteiger partial charge is 0.496 e. The summed E-state index contributed by atoms with van der Waals surface area (Å²) in [7, 11) is 3.10. The number of esters is 1. The topological polar surface area (TPSA) is 35.5 Å². The standard InChI is InChI=1S/C16H22O3/c1-6-11-7-8-13(18-4)12(9-11)16(14(17)19-5)10-15(16,2)3/h7-9H,6,10H2,1-5H3. The molecule has 1 aromatic rings. The Balaban J connectivity index is 2.58. The molecule has 0 bridgehead atoms. The molecule has 0 N–H and O–H groups in total. The monoisotopic (exact) mass is 262 g/mol. The zero-order chi connectivity index (χ0) is 14.3. The summed E-state index contributed by atoms with van der Waals surface area (Å²) in [5, 5.41) is 0. The number of ether oxygens (including phenoxy) is 2. The van der Waals surface area contributed by atoms with E-state index in [1.807, 2.05) is 12.1 Å². The molecule has 1 unspecified atom stereocenters. The van der Waals surface area contributed by atoms with E-state index in [4.69, 9.17) is 9.47 Å². The first-order valence-electron chi connectivity index (χ1n) is 6.68. The lowest BCUT2D eigenvalue weighted by Crippen LogP contribution is -2.28. The van der Waals surface area contributed by atoms with Gasteiger partial charge in [0.2, 0.25) is 0 Å². The number of carbonyl (C=O) groups excluding carboxylic acids is 1. The van der Waals surface area contributed by atoms with E-state index in [-0.39, 0.29) is 11.4 Å². The van der Waals surface area contributed by atoms with Gasteiger partial charge in [-0.2, -0.15) is 0 Å². The van der Waals surface area contributed by atoms with Crippen LogP contribution in [0.25, 0.3) is 0 Å². The highest BCUT2D eigenvalue weighted by atomic mass is 16.5. The first kappa shape index (κ1) is 13.9. The molecule has 1 aromatic carbocycles. The van der Waals surface area contributed by atoms with E-state index in [0.29, 0.717) is 0 Å². The molecule has 0 heterocycles. The molecule has 0 radical (unpaired) electrons. The fourth-order valence-electron chi connectivity index (χ4n) is 3.02. The van der Waals surface area contributed by atoms with Crippen molar-refractivity contribution in [3.8, 4) is 5.75 Å². The molecule has 1 aliphatic rings. The average molecular weight is 262 g/mol. The van der Waals surface area contributed by atoms with Crippen LogP contribution in [0.4, 0.5) is 0 Å². The van der Waals surface area contributed by atoms with Crippen molar-refractivity contribution in [3.05, 3.63) is 29.3 Å². The molecule has 0 spiro atoms. The molecule has 3 heteroatoms. The minimum absolute atomic E-state index is 0.0836. The maximum Gasteiger partial charge on any atom is 0.316 e. The highest BCUT2D eigenvalue weighted by Crippen LogP contribution is 2.66. The van der Waals surface area contributed by atoms with E-state index in [2.05, 4.69) is 26.8 Å². The Morgan fingerprint density at radius 3 is 2.37 bits per heavy atom. The lowest BCUT2D eigenvalue weighted by atomic mass is 9.86. The summed E-state index contributed by atoms with van der Waals surface area (Å²) in [4.78, 5) is 12.3. The van der Waals surface area contributed by atoms with Crippen LogP contribution in [0, 0.1) is 5.41 Å². The van der Waals surface area contributed by atoms with E-state index in [0.717, 1.165) is 24.2 Å². The molecule has 1 aliphatic carbocycles. The van der Waals surface area contributed by atoms with Crippen LogP contribution >= 0.6 is 0 Å². The molecule has 1 fully saturated rings. The van der Waals surface area contributed by atoms with Crippen molar-refractivity contribution in [1.82, 2.24) is 0 Å². The van der Waals surface area contributed by atoms with E-state index < -0.39 is 5.41 Å². The fourth-order valence-corrected chi connectivity index (χ4v) is 3.02. The molecular formula is C16H22O3. The van der Waals surface area contributed by atoms with Crippen LogP contribution in [0.5, 0.6) is 5.75 Å². The number of methoxy groups -OCH3 is 2. The van der Waals surface area contributed by atoms with Crippen LogP contribution in [0.15, 0.2) is 18.2 Å². The number of benzene rings is 1. The third-order valence-corrected chi connectivity index (χ3v) is 4.40. The number of carbonyl (C=O) groups is 1. The van der Waals surface area contributed by atoms with E-state index in [1.54, 1.807) is 7.11 Å². The SMILES string of the molecule is CCc1ccc(OC)c(C2(C(=O)OC)CC2(C)C)c1. The van der Waals surface area contributed by atoms with Gasteiger partial charge in [0.25, 0.3) is 0 Å². The molecule has 2 rings (SSSR count). The third kappa shape index (κ3) is 1.92. The van der Waals surface area contributed by atoms with Gasteiger partial charge in [-0.15, -0.1) is 0 Å². The molecule has 3 nitrogen and oxygen atoms in total. The van der Waals surface area contributed by atoms with E-state index >= 15 is 0 Å². The van der Waals surface area contributed by atoms with Crippen molar-refractivity contribution in [2.75, 3.05) is 14.2 Å². The normalized spacial score (nSPS) is 23.8. The van der Waals surface area contributed by atoms with E-state index in [1.165, 1.54) is 12.7 Å². The van der Waals surface area contributed by atoms with Crippen molar-refractivity contribution in [2.45, 2.75) is 39.0 Å². The molecule has 104 valence electrons.